The first kappa shape index (κ1) is 19.0. The van der Waals surface area contributed by atoms with Gasteiger partial charge in [0.15, 0.2) is 0 Å². The van der Waals surface area contributed by atoms with Crippen molar-refractivity contribution >= 4 is 0 Å². The van der Waals surface area contributed by atoms with Crippen LogP contribution in [-0.4, -0.2) is 37.6 Å². The van der Waals surface area contributed by atoms with E-state index in [1.54, 1.807) is 0 Å². The fourth-order valence-electron chi connectivity index (χ4n) is 3.28. The number of piperidine rings is 1. The van der Waals surface area contributed by atoms with E-state index in [2.05, 4.69) is 31.0 Å². The second kappa shape index (κ2) is 12.5. The molecule has 126 valence electrons. The molecule has 1 aliphatic rings. The topological polar surface area (TPSA) is 15.3 Å². The summed E-state index contributed by atoms with van der Waals surface area (Å²) in [5.74, 6) is 1.71. The van der Waals surface area contributed by atoms with E-state index in [0.29, 0.717) is 0 Å². The van der Waals surface area contributed by atoms with Gasteiger partial charge >= 0.3 is 0 Å². The maximum atomic E-state index is 3.63. The molecule has 2 nitrogen and oxygen atoms in total. The van der Waals surface area contributed by atoms with Crippen molar-refractivity contribution in [3.8, 4) is 0 Å². The fourth-order valence-corrected chi connectivity index (χ4v) is 3.28. The second-order valence-electron chi connectivity index (χ2n) is 7.46. The molecule has 0 amide bonds. The van der Waals surface area contributed by atoms with Crippen LogP contribution in [0.25, 0.3) is 0 Å². The lowest BCUT2D eigenvalue weighted by atomic mass is 9.96. The molecular weight excluding hydrogens is 256 g/mol. The molecule has 21 heavy (non-hydrogen) atoms. The number of hydrogen-bond donors (Lipinski definition) is 1. The van der Waals surface area contributed by atoms with Gasteiger partial charge in [-0.2, -0.15) is 0 Å². The molecule has 0 unspecified atom stereocenters. The maximum Gasteiger partial charge on any atom is -0.00156 e. The summed E-state index contributed by atoms with van der Waals surface area (Å²) in [6.45, 7) is 13.3. The zero-order valence-electron chi connectivity index (χ0n) is 15.0. The number of nitrogens with one attached hydrogen (secondary N) is 1. The Kier molecular flexibility index (Phi) is 11.3. The molecule has 0 spiro atoms. The smallest absolute Gasteiger partial charge is 0.00156 e. The van der Waals surface area contributed by atoms with Gasteiger partial charge in [-0.3, -0.25) is 0 Å². The number of rotatable bonds is 12. The second-order valence-corrected chi connectivity index (χ2v) is 7.46. The van der Waals surface area contributed by atoms with Crippen LogP contribution in [0.2, 0.25) is 0 Å². The number of likely N-dealkylation sites (tertiary alicyclic amines) is 1. The molecule has 0 atom stereocenters. The zero-order chi connectivity index (χ0) is 15.3. The van der Waals surface area contributed by atoms with Crippen LogP contribution in [0.4, 0.5) is 0 Å². The molecule has 1 N–H and O–H groups in total. The summed E-state index contributed by atoms with van der Waals surface area (Å²) >= 11 is 0. The van der Waals surface area contributed by atoms with Gasteiger partial charge in [0.25, 0.3) is 0 Å². The minimum Gasteiger partial charge on any atom is -0.316 e. The van der Waals surface area contributed by atoms with Gasteiger partial charge in [-0.15, -0.1) is 0 Å². The van der Waals surface area contributed by atoms with Crippen LogP contribution in [0.1, 0.15) is 78.6 Å². The molecule has 1 saturated heterocycles. The lowest BCUT2D eigenvalue weighted by Crippen LogP contribution is -2.38. The minimum atomic E-state index is 0.780. The normalized spacial score (nSPS) is 17.7. The van der Waals surface area contributed by atoms with Crippen LogP contribution >= 0.6 is 0 Å². The highest BCUT2D eigenvalue weighted by molar-refractivity contribution is 4.74. The highest BCUT2D eigenvalue weighted by atomic mass is 15.1. The molecule has 0 bridgehead atoms. The van der Waals surface area contributed by atoms with Crippen LogP contribution in [0.15, 0.2) is 0 Å². The van der Waals surface area contributed by atoms with Crippen LogP contribution in [0, 0.1) is 11.8 Å². The van der Waals surface area contributed by atoms with E-state index in [1.165, 1.54) is 90.5 Å². The third-order valence-corrected chi connectivity index (χ3v) is 4.77. The van der Waals surface area contributed by atoms with Crippen molar-refractivity contribution < 1.29 is 0 Å². The molecule has 2 heteroatoms. The van der Waals surface area contributed by atoms with Crippen LogP contribution in [-0.2, 0) is 0 Å². The van der Waals surface area contributed by atoms with E-state index < -0.39 is 0 Å². The van der Waals surface area contributed by atoms with Crippen LogP contribution in [0.5, 0.6) is 0 Å². The molecule has 0 radical (unpaired) electrons. The summed E-state index contributed by atoms with van der Waals surface area (Å²) in [6.07, 6.45) is 12.8. The first-order chi connectivity index (χ1) is 10.2. The lowest BCUT2D eigenvalue weighted by molar-refractivity contribution is 0.178. The molecule has 0 saturated carbocycles. The highest BCUT2D eigenvalue weighted by Gasteiger charge is 2.18. The Morgan fingerprint density at radius 1 is 0.952 bits per heavy atom. The molecule has 0 aromatic heterocycles. The average Bonchev–Trinajstić information content (AvgIpc) is 2.47. The summed E-state index contributed by atoms with van der Waals surface area (Å²) in [6, 6.07) is 0. The van der Waals surface area contributed by atoms with Gasteiger partial charge in [-0.25, -0.2) is 0 Å². The SMILES string of the molecule is CCCCCCCCCN1CCC(CNCC(C)C)CC1. The van der Waals surface area contributed by atoms with Crippen LogP contribution < -0.4 is 5.32 Å². The largest absolute Gasteiger partial charge is 0.316 e. The van der Waals surface area contributed by atoms with Gasteiger partial charge in [0, 0.05) is 0 Å². The van der Waals surface area contributed by atoms with E-state index in [0.717, 1.165) is 11.8 Å². The molecule has 1 rings (SSSR count). The highest BCUT2D eigenvalue weighted by Crippen LogP contribution is 2.17. The molecule has 0 aliphatic carbocycles. The Bertz CT molecular complexity index is 220. The number of unbranched alkanes of at least 4 members (excludes halogenated alkanes) is 6. The number of nitrogens with zero attached hydrogens (tertiary/aromatic N) is 1. The Morgan fingerprint density at radius 2 is 1.57 bits per heavy atom. The average molecular weight is 297 g/mol. The van der Waals surface area contributed by atoms with Gasteiger partial charge in [0.05, 0.1) is 0 Å². The van der Waals surface area contributed by atoms with Gasteiger partial charge in [-0.05, 0) is 63.8 Å². The molecule has 1 aliphatic heterocycles. The molecule has 1 fully saturated rings. The van der Waals surface area contributed by atoms with E-state index in [4.69, 9.17) is 0 Å². The summed E-state index contributed by atoms with van der Waals surface area (Å²) in [5, 5.41) is 3.63. The first-order valence-electron chi connectivity index (χ1n) is 9.65. The Labute approximate surface area is 134 Å². The Hall–Kier alpha value is -0.0800. The fraction of sp³-hybridized carbons (Fsp3) is 1.00. The first-order valence-corrected chi connectivity index (χ1v) is 9.65. The van der Waals surface area contributed by atoms with Crippen molar-refractivity contribution in [3.63, 3.8) is 0 Å². The van der Waals surface area contributed by atoms with Crippen molar-refractivity contribution in [1.29, 1.82) is 0 Å². The minimum absolute atomic E-state index is 0.780. The van der Waals surface area contributed by atoms with Gasteiger partial charge in [0.2, 0.25) is 0 Å². The third-order valence-electron chi connectivity index (χ3n) is 4.77. The standard InChI is InChI=1S/C19H40N2/c1-4-5-6-7-8-9-10-13-21-14-11-19(12-15-21)17-20-16-18(2)3/h18-20H,4-17H2,1-3H3. The van der Waals surface area contributed by atoms with Crippen molar-refractivity contribution in [3.05, 3.63) is 0 Å². The summed E-state index contributed by atoms with van der Waals surface area (Å²) in [7, 11) is 0. The third kappa shape index (κ3) is 10.3. The van der Waals surface area contributed by atoms with Crippen molar-refractivity contribution in [2.75, 3.05) is 32.7 Å². The quantitative estimate of drug-likeness (QED) is 0.525. The summed E-state index contributed by atoms with van der Waals surface area (Å²) in [4.78, 5) is 2.70. The van der Waals surface area contributed by atoms with Crippen molar-refractivity contribution in [2.45, 2.75) is 78.6 Å². The van der Waals surface area contributed by atoms with E-state index in [9.17, 15) is 0 Å². The zero-order valence-corrected chi connectivity index (χ0v) is 15.0. The Balaban J connectivity index is 1.91. The molecule has 0 aromatic rings. The van der Waals surface area contributed by atoms with Crippen molar-refractivity contribution in [2.24, 2.45) is 11.8 Å². The van der Waals surface area contributed by atoms with E-state index in [1.807, 2.05) is 0 Å². The molecular formula is C19H40N2. The van der Waals surface area contributed by atoms with Crippen LogP contribution in [0.3, 0.4) is 0 Å². The Morgan fingerprint density at radius 3 is 2.19 bits per heavy atom. The molecule has 0 aromatic carbocycles. The van der Waals surface area contributed by atoms with Gasteiger partial charge in [-0.1, -0.05) is 59.3 Å². The number of hydrogen-bond acceptors (Lipinski definition) is 2. The maximum absolute atomic E-state index is 3.63. The van der Waals surface area contributed by atoms with Gasteiger partial charge < -0.3 is 10.2 Å². The van der Waals surface area contributed by atoms with Crippen molar-refractivity contribution in [1.82, 2.24) is 10.2 Å². The van der Waals surface area contributed by atoms with Gasteiger partial charge in [0.1, 0.15) is 0 Å². The lowest BCUT2D eigenvalue weighted by Gasteiger charge is -2.32. The predicted octanol–water partition coefficient (Wildman–Crippen LogP) is 4.69. The summed E-state index contributed by atoms with van der Waals surface area (Å²) < 4.78 is 0. The van der Waals surface area contributed by atoms with E-state index in [-0.39, 0.29) is 0 Å². The van der Waals surface area contributed by atoms with E-state index >= 15 is 0 Å². The summed E-state index contributed by atoms with van der Waals surface area (Å²) in [5.41, 5.74) is 0. The molecule has 1 heterocycles. The monoisotopic (exact) mass is 296 g/mol. The predicted molar refractivity (Wildman–Crippen MR) is 94.9 cm³/mol.